The molecule has 29 heavy (non-hydrogen) atoms. The highest BCUT2D eigenvalue weighted by Gasteiger charge is 2.25. The van der Waals surface area contributed by atoms with Crippen LogP contribution in [0.5, 0.6) is 5.75 Å². The lowest BCUT2D eigenvalue weighted by atomic mass is 9.98. The normalized spacial score (nSPS) is 15.4. The maximum Gasteiger partial charge on any atom is 0.257 e. The molecule has 0 saturated carbocycles. The summed E-state index contributed by atoms with van der Waals surface area (Å²) in [7, 11) is 2.11. The van der Waals surface area contributed by atoms with Crippen LogP contribution in [0.3, 0.4) is 0 Å². The number of aromatic hydroxyl groups is 1. The summed E-state index contributed by atoms with van der Waals surface area (Å²) in [5.41, 5.74) is 2.45. The van der Waals surface area contributed by atoms with Gasteiger partial charge in [0.25, 0.3) is 5.91 Å². The zero-order valence-electron chi connectivity index (χ0n) is 16.7. The van der Waals surface area contributed by atoms with Crippen molar-refractivity contribution in [1.29, 1.82) is 0 Å². The number of phenolic OH excluding ortho intramolecular Hbond substituents is 1. The third kappa shape index (κ3) is 4.26. The molecule has 1 heterocycles. The van der Waals surface area contributed by atoms with Gasteiger partial charge in [0.2, 0.25) is 0 Å². The molecule has 5 heteroatoms. The van der Waals surface area contributed by atoms with E-state index in [1.165, 1.54) is 10.5 Å². The van der Waals surface area contributed by atoms with Gasteiger partial charge in [-0.25, -0.2) is 0 Å². The Morgan fingerprint density at radius 1 is 1.03 bits per heavy atom. The number of hydrogen-bond donors (Lipinski definition) is 2. The molecule has 3 aromatic carbocycles. The van der Waals surface area contributed by atoms with Crippen LogP contribution in [-0.4, -0.2) is 49.3 Å². The van der Waals surface area contributed by atoms with E-state index in [0.717, 1.165) is 22.9 Å². The van der Waals surface area contributed by atoms with Gasteiger partial charge in [0.05, 0.1) is 31.4 Å². The minimum Gasteiger partial charge on any atom is -0.507 e. The Balaban J connectivity index is 1.68. The van der Waals surface area contributed by atoms with E-state index in [0.29, 0.717) is 38.4 Å². The van der Waals surface area contributed by atoms with Crippen molar-refractivity contribution >= 4 is 16.7 Å². The number of benzene rings is 3. The van der Waals surface area contributed by atoms with E-state index in [4.69, 9.17) is 4.74 Å². The highest BCUT2D eigenvalue weighted by Crippen LogP contribution is 2.32. The Kier molecular flexibility index (Phi) is 5.79. The Morgan fingerprint density at radius 2 is 1.72 bits per heavy atom. The Labute approximate surface area is 171 Å². The van der Waals surface area contributed by atoms with E-state index in [2.05, 4.69) is 19.2 Å². The lowest BCUT2D eigenvalue weighted by molar-refractivity contribution is -0.907. The largest absolute Gasteiger partial charge is 0.507 e. The zero-order chi connectivity index (χ0) is 20.2. The van der Waals surface area contributed by atoms with Gasteiger partial charge in [0.1, 0.15) is 18.8 Å². The third-order valence-electron chi connectivity index (χ3n) is 5.48. The molecule has 1 saturated heterocycles. The number of hydrogen-bond acceptors (Lipinski definition) is 3. The molecule has 1 aliphatic rings. The van der Waals surface area contributed by atoms with Gasteiger partial charge in [-0.3, -0.25) is 4.79 Å². The van der Waals surface area contributed by atoms with Crippen molar-refractivity contribution in [2.45, 2.75) is 13.1 Å². The number of ether oxygens (including phenoxy) is 1. The van der Waals surface area contributed by atoms with Crippen molar-refractivity contribution in [3.8, 4) is 5.75 Å². The van der Waals surface area contributed by atoms with Gasteiger partial charge in [0, 0.05) is 18.7 Å². The molecule has 0 spiro atoms. The minimum absolute atomic E-state index is 0.104. The minimum atomic E-state index is -0.126. The second-order valence-electron chi connectivity index (χ2n) is 7.67. The molecule has 1 fully saturated rings. The number of amides is 1. The van der Waals surface area contributed by atoms with Crippen LogP contribution in [0.4, 0.5) is 0 Å². The van der Waals surface area contributed by atoms with E-state index < -0.39 is 0 Å². The first-order valence-corrected chi connectivity index (χ1v) is 10.1. The fourth-order valence-electron chi connectivity index (χ4n) is 4.00. The Bertz CT molecular complexity index is 998. The van der Waals surface area contributed by atoms with Crippen LogP contribution >= 0.6 is 0 Å². The second kappa shape index (κ2) is 8.64. The van der Waals surface area contributed by atoms with E-state index in [-0.39, 0.29) is 11.7 Å². The number of carbonyl (C=O) groups is 1. The lowest BCUT2D eigenvalue weighted by Crippen LogP contribution is -3.06. The Morgan fingerprint density at radius 3 is 2.48 bits per heavy atom. The average Bonchev–Trinajstić information content (AvgIpc) is 2.76. The molecule has 3 aromatic rings. The van der Waals surface area contributed by atoms with Gasteiger partial charge in [-0.2, -0.15) is 0 Å². The molecular formula is C24H27N2O3+. The van der Waals surface area contributed by atoms with Gasteiger partial charge < -0.3 is 19.6 Å². The number of phenols is 1. The molecule has 2 N–H and O–H groups in total. The summed E-state index contributed by atoms with van der Waals surface area (Å²) in [6.45, 7) is 3.66. The van der Waals surface area contributed by atoms with Crippen LogP contribution in [0, 0.1) is 0 Å². The summed E-state index contributed by atoms with van der Waals surface area (Å²) < 4.78 is 5.36. The van der Waals surface area contributed by atoms with E-state index in [1.807, 2.05) is 48.5 Å². The number of nitrogens with one attached hydrogen (secondary N) is 1. The standard InChI is InChI=1S/C24H26N2O3/c1-25(16-18-7-3-2-4-8-18)17-22-20-10-6-5-9-19(20)15-21(23(22)27)24(28)26-11-13-29-14-12-26/h2-10,15,27H,11-14,16-17H2,1H3/p+1. The van der Waals surface area contributed by atoms with Crippen LogP contribution in [0.1, 0.15) is 21.5 Å². The summed E-state index contributed by atoms with van der Waals surface area (Å²) in [4.78, 5) is 16.1. The number of quaternary nitrogens is 1. The lowest BCUT2D eigenvalue weighted by Gasteiger charge is -2.27. The smallest absolute Gasteiger partial charge is 0.257 e. The molecule has 1 aliphatic heterocycles. The third-order valence-corrected chi connectivity index (χ3v) is 5.48. The van der Waals surface area contributed by atoms with Gasteiger partial charge in [-0.05, 0) is 16.8 Å². The highest BCUT2D eigenvalue weighted by atomic mass is 16.5. The van der Waals surface area contributed by atoms with E-state index in [9.17, 15) is 9.90 Å². The van der Waals surface area contributed by atoms with Crippen molar-refractivity contribution in [3.05, 3.63) is 77.4 Å². The maximum atomic E-state index is 13.1. The van der Waals surface area contributed by atoms with Crippen molar-refractivity contribution in [2.75, 3.05) is 33.4 Å². The van der Waals surface area contributed by atoms with Gasteiger partial charge in [0.15, 0.2) is 0 Å². The zero-order valence-corrected chi connectivity index (χ0v) is 16.7. The first kappa shape index (κ1) is 19.4. The summed E-state index contributed by atoms with van der Waals surface area (Å²) in [6.07, 6.45) is 0. The molecule has 1 unspecified atom stereocenters. The quantitative estimate of drug-likeness (QED) is 0.701. The summed E-state index contributed by atoms with van der Waals surface area (Å²) >= 11 is 0. The van der Waals surface area contributed by atoms with Crippen LogP contribution in [-0.2, 0) is 17.8 Å². The summed E-state index contributed by atoms with van der Waals surface area (Å²) in [6, 6.07) is 20.1. The first-order chi connectivity index (χ1) is 14.1. The molecule has 0 aromatic heterocycles. The molecule has 5 nitrogen and oxygen atoms in total. The number of rotatable bonds is 5. The fourth-order valence-corrected chi connectivity index (χ4v) is 4.00. The molecule has 150 valence electrons. The molecular weight excluding hydrogens is 364 g/mol. The first-order valence-electron chi connectivity index (χ1n) is 10.1. The molecule has 0 aliphatic carbocycles. The number of morpholine rings is 1. The van der Waals surface area contributed by atoms with Crippen LogP contribution in [0.2, 0.25) is 0 Å². The van der Waals surface area contributed by atoms with Crippen molar-refractivity contribution in [2.24, 2.45) is 0 Å². The molecule has 1 amide bonds. The molecule has 0 bridgehead atoms. The topological polar surface area (TPSA) is 54.2 Å². The molecule has 1 atom stereocenters. The average molecular weight is 391 g/mol. The number of nitrogens with zero attached hydrogens (tertiary/aromatic N) is 1. The predicted octanol–water partition coefficient (Wildman–Crippen LogP) is 2.23. The van der Waals surface area contributed by atoms with Crippen molar-refractivity contribution in [3.63, 3.8) is 0 Å². The van der Waals surface area contributed by atoms with Crippen LogP contribution in [0.15, 0.2) is 60.7 Å². The fraction of sp³-hybridized carbons (Fsp3) is 0.292. The van der Waals surface area contributed by atoms with Gasteiger partial charge in [-0.1, -0.05) is 54.6 Å². The van der Waals surface area contributed by atoms with Crippen LogP contribution < -0.4 is 4.90 Å². The highest BCUT2D eigenvalue weighted by molar-refractivity contribution is 6.03. The van der Waals surface area contributed by atoms with Gasteiger partial charge >= 0.3 is 0 Å². The summed E-state index contributed by atoms with van der Waals surface area (Å²) in [5, 5.41) is 13.1. The SMILES string of the molecule is C[NH+](Cc1ccccc1)Cc1c(O)c(C(=O)N2CCOCC2)cc2ccccc12. The Hall–Kier alpha value is -2.89. The van der Waals surface area contributed by atoms with Crippen molar-refractivity contribution < 1.29 is 19.5 Å². The van der Waals surface area contributed by atoms with E-state index in [1.54, 1.807) is 4.90 Å². The second-order valence-corrected chi connectivity index (χ2v) is 7.67. The predicted molar refractivity (Wildman–Crippen MR) is 113 cm³/mol. The number of carbonyl (C=O) groups excluding carboxylic acids is 1. The summed E-state index contributed by atoms with van der Waals surface area (Å²) in [5.74, 6) is -0.0221. The van der Waals surface area contributed by atoms with Crippen molar-refractivity contribution in [1.82, 2.24) is 4.90 Å². The molecule has 0 radical (unpaired) electrons. The van der Waals surface area contributed by atoms with Crippen LogP contribution in [0.25, 0.3) is 10.8 Å². The maximum absolute atomic E-state index is 13.1. The molecule has 4 rings (SSSR count). The van der Waals surface area contributed by atoms with Gasteiger partial charge in [-0.15, -0.1) is 0 Å². The number of fused-ring (bicyclic) bond motifs is 1. The monoisotopic (exact) mass is 391 g/mol. The van der Waals surface area contributed by atoms with E-state index >= 15 is 0 Å².